The van der Waals surface area contributed by atoms with E-state index in [4.69, 9.17) is 9.47 Å². The summed E-state index contributed by atoms with van der Waals surface area (Å²) in [5, 5.41) is 0. The summed E-state index contributed by atoms with van der Waals surface area (Å²) in [4.78, 5) is 15.0. The van der Waals surface area contributed by atoms with Gasteiger partial charge in [0.2, 0.25) is 0 Å². The summed E-state index contributed by atoms with van der Waals surface area (Å²) in [6.45, 7) is 4.92. The van der Waals surface area contributed by atoms with E-state index in [0.717, 1.165) is 5.75 Å². The zero-order valence-electron chi connectivity index (χ0n) is 14.7. The number of nitrogens with zero attached hydrogens (tertiary/aromatic N) is 1. The zero-order valence-corrected chi connectivity index (χ0v) is 14.7. The van der Waals surface area contributed by atoms with E-state index in [1.165, 1.54) is 45.2 Å². The van der Waals surface area contributed by atoms with E-state index in [0.29, 0.717) is 25.0 Å². The summed E-state index contributed by atoms with van der Waals surface area (Å²) >= 11 is 0. The number of para-hydroxylation sites is 1. The summed E-state index contributed by atoms with van der Waals surface area (Å²) in [6.07, 6.45) is 6.36. The van der Waals surface area contributed by atoms with Gasteiger partial charge in [0.05, 0.1) is 6.61 Å². The van der Waals surface area contributed by atoms with Gasteiger partial charge in [-0.2, -0.15) is 0 Å². The van der Waals surface area contributed by atoms with E-state index in [2.05, 4.69) is 4.90 Å². The van der Waals surface area contributed by atoms with Crippen LogP contribution < -0.4 is 4.74 Å². The van der Waals surface area contributed by atoms with E-state index in [9.17, 15) is 4.79 Å². The molecule has 0 bridgehead atoms. The van der Waals surface area contributed by atoms with Crippen LogP contribution in [0.4, 0.5) is 0 Å². The highest BCUT2D eigenvalue weighted by Gasteiger charge is 2.34. The van der Waals surface area contributed by atoms with Crippen molar-refractivity contribution in [2.45, 2.75) is 57.6 Å². The second kappa shape index (κ2) is 8.52. The van der Waals surface area contributed by atoms with Crippen LogP contribution >= 0.6 is 0 Å². The molecule has 0 spiro atoms. The van der Waals surface area contributed by atoms with Crippen LogP contribution in [0.1, 0.15) is 45.4 Å². The molecule has 0 radical (unpaired) electrons. The van der Waals surface area contributed by atoms with E-state index in [1.807, 2.05) is 37.3 Å². The number of piperidine rings is 2. The molecule has 2 aliphatic heterocycles. The van der Waals surface area contributed by atoms with Crippen LogP contribution in [-0.2, 0) is 9.53 Å². The Balaban J connectivity index is 1.51. The first-order valence-electron chi connectivity index (χ1n) is 9.40. The van der Waals surface area contributed by atoms with Crippen LogP contribution in [0.2, 0.25) is 0 Å². The fourth-order valence-electron chi connectivity index (χ4n) is 4.02. The molecule has 24 heavy (non-hydrogen) atoms. The first-order valence-corrected chi connectivity index (χ1v) is 9.40. The van der Waals surface area contributed by atoms with Gasteiger partial charge in [0.15, 0.2) is 6.10 Å². The lowest BCUT2D eigenvalue weighted by Gasteiger charge is -2.44. The second-order valence-corrected chi connectivity index (χ2v) is 6.96. The molecule has 0 amide bonds. The highest BCUT2D eigenvalue weighted by molar-refractivity contribution is 5.75. The van der Waals surface area contributed by atoms with E-state index >= 15 is 0 Å². The molecule has 2 saturated heterocycles. The standard InChI is InChI=1S/C20H29NO3/c1-2-19(24-17-10-4-3-5-11-17)20(22)23-15-16-9-8-14-21-13-7-6-12-18(16)21/h3-5,10-11,16,18-19H,2,6-9,12-15H2,1H3/t16-,18-,19+/m1/s1. The Morgan fingerprint density at radius 3 is 2.75 bits per heavy atom. The lowest BCUT2D eigenvalue weighted by atomic mass is 9.84. The largest absolute Gasteiger partial charge is 0.479 e. The van der Waals surface area contributed by atoms with Crippen molar-refractivity contribution in [3.05, 3.63) is 30.3 Å². The number of carbonyl (C=O) groups is 1. The number of hydrogen-bond acceptors (Lipinski definition) is 4. The summed E-state index contributed by atoms with van der Waals surface area (Å²) < 4.78 is 11.5. The smallest absolute Gasteiger partial charge is 0.347 e. The van der Waals surface area contributed by atoms with E-state index in [1.54, 1.807) is 0 Å². The molecule has 1 aromatic carbocycles. The van der Waals surface area contributed by atoms with Gasteiger partial charge in [-0.25, -0.2) is 4.79 Å². The van der Waals surface area contributed by atoms with Gasteiger partial charge in [0.1, 0.15) is 5.75 Å². The molecule has 2 fully saturated rings. The third-order valence-electron chi connectivity index (χ3n) is 5.32. The minimum absolute atomic E-state index is 0.228. The molecular formula is C20H29NO3. The molecule has 3 rings (SSSR count). The molecule has 0 unspecified atom stereocenters. The average Bonchev–Trinajstić information content (AvgIpc) is 2.65. The fraction of sp³-hybridized carbons (Fsp3) is 0.650. The Morgan fingerprint density at radius 1 is 1.17 bits per heavy atom. The first-order chi connectivity index (χ1) is 11.8. The van der Waals surface area contributed by atoms with Gasteiger partial charge in [-0.15, -0.1) is 0 Å². The number of hydrogen-bond donors (Lipinski definition) is 0. The van der Waals surface area contributed by atoms with Crippen molar-refractivity contribution in [3.63, 3.8) is 0 Å². The minimum Gasteiger partial charge on any atom is -0.479 e. The van der Waals surface area contributed by atoms with Gasteiger partial charge in [0.25, 0.3) is 0 Å². The van der Waals surface area contributed by atoms with Crippen LogP contribution in [0.5, 0.6) is 5.75 Å². The summed E-state index contributed by atoms with van der Waals surface area (Å²) in [5.74, 6) is 0.976. The van der Waals surface area contributed by atoms with Crippen LogP contribution in [0.3, 0.4) is 0 Å². The molecule has 0 aliphatic carbocycles. The third-order valence-corrected chi connectivity index (χ3v) is 5.32. The maximum atomic E-state index is 12.4. The number of carbonyl (C=O) groups excluding carboxylic acids is 1. The first kappa shape index (κ1) is 17.3. The molecule has 3 atom stereocenters. The van der Waals surface area contributed by atoms with Crippen molar-refractivity contribution in [1.29, 1.82) is 0 Å². The number of ether oxygens (including phenoxy) is 2. The van der Waals surface area contributed by atoms with Crippen molar-refractivity contribution in [2.75, 3.05) is 19.7 Å². The SMILES string of the molecule is CC[C@H](Oc1ccccc1)C(=O)OC[C@H]1CCCN2CCCC[C@H]12. The van der Waals surface area contributed by atoms with E-state index in [-0.39, 0.29) is 5.97 Å². The number of fused-ring (bicyclic) bond motifs is 1. The van der Waals surface area contributed by atoms with Crippen molar-refractivity contribution in [1.82, 2.24) is 4.90 Å². The van der Waals surface area contributed by atoms with Gasteiger partial charge in [-0.1, -0.05) is 31.5 Å². The highest BCUT2D eigenvalue weighted by atomic mass is 16.6. The minimum atomic E-state index is -0.515. The molecule has 0 N–H and O–H groups in total. The van der Waals surface area contributed by atoms with Crippen molar-refractivity contribution >= 4 is 5.97 Å². The molecule has 132 valence electrons. The van der Waals surface area contributed by atoms with Crippen LogP contribution in [0, 0.1) is 5.92 Å². The predicted molar refractivity (Wildman–Crippen MR) is 94.0 cm³/mol. The van der Waals surface area contributed by atoms with Gasteiger partial charge >= 0.3 is 5.97 Å². The number of esters is 1. The van der Waals surface area contributed by atoms with Crippen LogP contribution in [0.15, 0.2) is 30.3 Å². The lowest BCUT2D eigenvalue weighted by molar-refractivity contribution is -0.155. The van der Waals surface area contributed by atoms with Gasteiger partial charge in [-0.3, -0.25) is 4.90 Å². The Hall–Kier alpha value is -1.55. The molecule has 1 aromatic rings. The number of benzene rings is 1. The third kappa shape index (κ3) is 4.29. The summed E-state index contributed by atoms with van der Waals surface area (Å²) in [7, 11) is 0. The molecule has 4 heteroatoms. The molecule has 0 aromatic heterocycles. The van der Waals surface area contributed by atoms with Crippen LogP contribution in [0.25, 0.3) is 0 Å². The molecule has 2 aliphatic rings. The highest BCUT2D eigenvalue weighted by Crippen LogP contribution is 2.31. The fourth-order valence-corrected chi connectivity index (χ4v) is 4.02. The van der Waals surface area contributed by atoms with Gasteiger partial charge < -0.3 is 9.47 Å². The Labute approximate surface area is 145 Å². The topological polar surface area (TPSA) is 38.8 Å². The summed E-state index contributed by atoms with van der Waals surface area (Å²) in [6, 6.07) is 10.1. The monoisotopic (exact) mass is 331 g/mol. The molecular weight excluding hydrogens is 302 g/mol. The van der Waals surface area contributed by atoms with Crippen molar-refractivity contribution in [2.24, 2.45) is 5.92 Å². The maximum absolute atomic E-state index is 12.4. The Morgan fingerprint density at radius 2 is 1.96 bits per heavy atom. The lowest BCUT2D eigenvalue weighted by Crippen LogP contribution is -2.49. The van der Waals surface area contributed by atoms with Gasteiger partial charge in [0, 0.05) is 12.0 Å². The summed E-state index contributed by atoms with van der Waals surface area (Å²) in [5.41, 5.74) is 0. The average molecular weight is 331 g/mol. The molecule has 2 heterocycles. The second-order valence-electron chi connectivity index (χ2n) is 6.96. The normalized spacial score (nSPS) is 25.5. The van der Waals surface area contributed by atoms with Gasteiger partial charge in [-0.05, 0) is 57.3 Å². The Kier molecular flexibility index (Phi) is 6.13. The maximum Gasteiger partial charge on any atom is 0.347 e. The predicted octanol–water partition coefficient (Wildman–Crippen LogP) is 3.65. The van der Waals surface area contributed by atoms with E-state index < -0.39 is 6.10 Å². The van der Waals surface area contributed by atoms with Crippen molar-refractivity contribution < 1.29 is 14.3 Å². The number of rotatable bonds is 6. The zero-order chi connectivity index (χ0) is 16.8. The Bertz CT molecular complexity index is 517. The molecule has 0 saturated carbocycles. The quantitative estimate of drug-likeness (QED) is 0.746. The van der Waals surface area contributed by atoms with Crippen LogP contribution in [-0.4, -0.2) is 42.7 Å². The molecule has 4 nitrogen and oxygen atoms in total. The van der Waals surface area contributed by atoms with Crippen molar-refractivity contribution in [3.8, 4) is 5.75 Å².